The first-order valence-electron chi connectivity index (χ1n) is 8.51. The van der Waals surface area contributed by atoms with Gasteiger partial charge in [0.1, 0.15) is 12.4 Å². The molecule has 0 aliphatic heterocycles. The molecule has 0 heterocycles. The summed E-state index contributed by atoms with van der Waals surface area (Å²) in [5.74, 6) is 0.231. The van der Waals surface area contributed by atoms with Gasteiger partial charge in [0, 0.05) is 0 Å². The van der Waals surface area contributed by atoms with Crippen LogP contribution in [0.1, 0.15) is 42.1 Å². The minimum atomic E-state index is -0.287. The topological polar surface area (TPSA) is 50.7 Å². The van der Waals surface area contributed by atoms with Crippen molar-refractivity contribution in [2.45, 2.75) is 26.2 Å². The van der Waals surface area contributed by atoms with Crippen LogP contribution in [-0.2, 0) is 0 Å². The normalized spacial score (nSPS) is 11.0. The highest BCUT2D eigenvalue weighted by Gasteiger charge is 2.12. The molecule has 0 radical (unpaired) electrons. The number of rotatable bonds is 9. The van der Waals surface area contributed by atoms with Gasteiger partial charge in [-0.05, 0) is 30.5 Å². The Morgan fingerprint density at radius 3 is 2.60 bits per heavy atom. The van der Waals surface area contributed by atoms with E-state index < -0.39 is 0 Å². The quantitative estimate of drug-likeness (QED) is 0.414. The molecule has 1 amide bonds. The number of nitrogens with zero attached hydrogens (tertiary/aromatic N) is 1. The zero-order valence-corrected chi connectivity index (χ0v) is 14.6. The van der Waals surface area contributed by atoms with Gasteiger partial charge in [-0.2, -0.15) is 5.10 Å². The molecule has 0 fully saturated rings. The number of para-hydroxylation sites is 1. The number of ether oxygens (including phenoxy) is 1. The molecule has 2 aromatic carbocycles. The summed E-state index contributed by atoms with van der Waals surface area (Å²) in [4.78, 5) is 12.5. The van der Waals surface area contributed by atoms with Gasteiger partial charge in [0.05, 0.1) is 11.3 Å². The molecule has 0 spiro atoms. The van der Waals surface area contributed by atoms with Crippen LogP contribution in [0.4, 0.5) is 0 Å². The number of nitrogens with one attached hydrogen (secondary N) is 1. The lowest BCUT2D eigenvalue weighted by atomic mass is 10.1. The molecule has 0 saturated carbocycles. The molecule has 4 nitrogen and oxygen atoms in total. The second-order valence-corrected chi connectivity index (χ2v) is 5.56. The van der Waals surface area contributed by atoms with E-state index in [2.05, 4.69) is 24.0 Å². The Hall–Kier alpha value is -2.88. The van der Waals surface area contributed by atoms with E-state index in [1.54, 1.807) is 24.3 Å². The number of benzene rings is 2. The second kappa shape index (κ2) is 10.1. The first-order valence-corrected chi connectivity index (χ1v) is 8.51. The third-order valence-electron chi connectivity index (χ3n) is 3.65. The number of carbonyl (C=O) groups excluding carboxylic acids is 1. The summed E-state index contributed by atoms with van der Waals surface area (Å²) >= 11 is 0. The Balaban J connectivity index is 2.17. The summed E-state index contributed by atoms with van der Waals surface area (Å²) in [7, 11) is 0. The van der Waals surface area contributed by atoms with E-state index in [9.17, 15) is 4.79 Å². The van der Waals surface area contributed by atoms with Crippen LogP contribution in [0.2, 0.25) is 0 Å². The fraction of sp³-hybridized carbons (Fsp3) is 0.238. The fourth-order valence-electron chi connectivity index (χ4n) is 2.35. The maximum Gasteiger partial charge on any atom is 0.275 e. The number of carbonyl (C=O) groups is 1. The largest absolute Gasteiger partial charge is 0.489 e. The van der Waals surface area contributed by atoms with Crippen LogP contribution < -0.4 is 10.2 Å². The predicted octanol–water partition coefficient (Wildman–Crippen LogP) is 4.58. The molecule has 25 heavy (non-hydrogen) atoms. The maximum absolute atomic E-state index is 12.5. The van der Waals surface area contributed by atoms with E-state index in [0.29, 0.717) is 17.9 Å². The first kappa shape index (κ1) is 18.5. The molecule has 0 aliphatic carbocycles. The molecule has 1 N–H and O–H groups in total. The van der Waals surface area contributed by atoms with Gasteiger partial charge in [-0.15, -0.1) is 0 Å². The molecule has 0 unspecified atom stereocenters. The summed E-state index contributed by atoms with van der Waals surface area (Å²) in [5, 5.41) is 4.37. The molecule has 4 heteroatoms. The highest BCUT2D eigenvalue weighted by atomic mass is 16.5. The second-order valence-electron chi connectivity index (χ2n) is 5.56. The molecular formula is C21H24N2O2. The monoisotopic (exact) mass is 336 g/mol. The lowest BCUT2D eigenvalue weighted by molar-refractivity contribution is 0.0951. The lowest BCUT2D eigenvalue weighted by Gasteiger charge is -2.10. The number of amides is 1. The molecule has 0 bridgehead atoms. The lowest BCUT2D eigenvalue weighted by Crippen LogP contribution is -2.21. The summed E-state index contributed by atoms with van der Waals surface area (Å²) in [6, 6.07) is 17.0. The zero-order valence-electron chi connectivity index (χ0n) is 14.6. The van der Waals surface area contributed by atoms with Crippen molar-refractivity contribution in [3.05, 3.63) is 78.4 Å². The van der Waals surface area contributed by atoms with Gasteiger partial charge in [0.25, 0.3) is 5.91 Å². The van der Waals surface area contributed by atoms with Crippen LogP contribution >= 0.6 is 0 Å². The van der Waals surface area contributed by atoms with Crippen molar-refractivity contribution in [3.63, 3.8) is 0 Å². The summed E-state index contributed by atoms with van der Waals surface area (Å²) in [6.07, 6.45) is 4.54. The Kier molecular flexibility index (Phi) is 7.44. The molecular weight excluding hydrogens is 312 g/mol. The van der Waals surface area contributed by atoms with Crippen LogP contribution in [0.3, 0.4) is 0 Å². The number of hydrogen-bond donors (Lipinski definition) is 1. The van der Waals surface area contributed by atoms with Gasteiger partial charge in [0.2, 0.25) is 0 Å². The molecule has 2 aromatic rings. The highest BCUT2D eigenvalue weighted by Crippen LogP contribution is 2.18. The van der Waals surface area contributed by atoms with Crippen molar-refractivity contribution >= 4 is 11.6 Å². The van der Waals surface area contributed by atoms with E-state index >= 15 is 0 Å². The molecule has 2 rings (SSSR count). The van der Waals surface area contributed by atoms with Crippen LogP contribution in [0.15, 0.2) is 72.4 Å². The van der Waals surface area contributed by atoms with Gasteiger partial charge >= 0.3 is 0 Å². The Bertz CT molecular complexity index is 724. The zero-order chi connectivity index (χ0) is 17.9. The number of hydrogen-bond acceptors (Lipinski definition) is 3. The van der Waals surface area contributed by atoms with Gasteiger partial charge in [0.15, 0.2) is 0 Å². The van der Waals surface area contributed by atoms with Gasteiger partial charge in [-0.1, -0.05) is 68.5 Å². The summed E-state index contributed by atoms with van der Waals surface area (Å²) < 4.78 is 5.54. The van der Waals surface area contributed by atoms with E-state index in [4.69, 9.17) is 4.74 Å². The standard InChI is InChI=1S/C21H24N2O2/c1-3-5-14-19(17-11-7-6-8-12-17)22-23-21(24)18-13-9-10-15-20(18)25-16-4-2/h4,6-13,15H,2-3,5,14,16H2,1H3,(H,23,24). The van der Waals surface area contributed by atoms with Crippen molar-refractivity contribution in [1.29, 1.82) is 0 Å². The third-order valence-corrected chi connectivity index (χ3v) is 3.65. The minimum absolute atomic E-state index is 0.287. The molecule has 0 aliphatic rings. The Morgan fingerprint density at radius 1 is 1.16 bits per heavy atom. The van der Waals surface area contributed by atoms with Crippen LogP contribution in [0.25, 0.3) is 0 Å². The van der Waals surface area contributed by atoms with Gasteiger partial charge < -0.3 is 4.74 Å². The van der Waals surface area contributed by atoms with Crippen LogP contribution in [0, 0.1) is 0 Å². The minimum Gasteiger partial charge on any atom is -0.489 e. The van der Waals surface area contributed by atoms with E-state index in [1.165, 1.54) is 0 Å². The molecule has 0 aromatic heterocycles. The van der Waals surface area contributed by atoms with Gasteiger partial charge in [-0.25, -0.2) is 5.43 Å². The number of hydrazone groups is 1. The van der Waals surface area contributed by atoms with Crippen LogP contribution in [-0.4, -0.2) is 18.2 Å². The van der Waals surface area contributed by atoms with Gasteiger partial charge in [-0.3, -0.25) is 4.79 Å². The van der Waals surface area contributed by atoms with E-state index in [-0.39, 0.29) is 5.91 Å². The van der Waals surface area contributed by atoms with Crippen molar-refractivity contribution in [1.82, 2.24) is 5.43 Å². The molecule has 130 valence electrons. The average molecular weight is 336 g/mol. The van der Waals surface area contributed by atoms with Crippen molar-refractivity contribution in [2.24, 2.45) is 5.10 Å². The van der Waals surface area contributed by atoms with Crippen LogP contribution in [0.5, 0.6) is 5.75 Å². The molecule has 0 atom stereocenters. The average Bonchev–Trinajstić information content (AvgIpc) is 2.67. The van der Waals surface area contributed by atoms with Crippen molar-refractivity contribution in [2.75, 3.05) is 6.61 Å². The Labute approximate surface area is 149 Å². The highest BCUT2D eigenvalue weighted by molar-refractivity contribution is 6.02. The van der Waals surface area contributed by atoms with Crippen molar-refractivity contribution < 1.29 is 9.53 Å². The van der Waals surface area contributed by atoms with Crippen molar-refractivity contribution in [3.8, 4) is 5.75 Å². The Morgan fingerprint density at radius 2 is 1.88 bits per heavy atom. The maximum atomic E-state index is 12.5. The summed E-state index contributed by atoms with van der Waals surface area (Å²) in [6.45, 7) is 6.10. The van der Waals surface area contributed by atoms with E-state index in [1.807, 2.05) is 36.4 Å². The number of unbranched alkanes of at least 4 members (excludes halogenated alkanes) is 1. The smallest absolute Gasteiger partial charge is 0.275 e. The van der Waals surface area contributed by atoms with E-state index in [0.717, 1.165) is 30.5 Å². The summed E-state index contributed by atoms with van der Waals surface area (Å²) in [5.41, 5.74) is 5.02. The first-order chi connectivity index (χ1) is 12.3. The third kappa shape index (κ3) is 5.60. The predicted molar refractivity (Wildman–Crippen MR) is 102 cm³/mol. The molecule has 0 saturated heterocycles. The SMILES string of the molecule is C=CCOc1ccccc1C(=O)NN=C(CCCC)c1ccccc1. The fourth-order valence-corrected chi connectivity index (χ4v) is 2.35.